The van der Waals surface area contributed by atoms with Crippen LogP contribution >= 0.6 is 11.3 Å². The molecule has 36 heavy (non-hydrogen) atoms. The van der Waals surface area contributed by atoms with Gasteiger partial charge in [-0.1, -0.05) is 65.8 Å². The van der Waals surface area contributed by atoms with E-state index in [1.807, 2.05) is 41.5 Å². The zero-order chi connectivity index (χ0) is 26.8. The molecule has 1 N–H and O–H groups in total. The molecule has 1 heterocycles. The predicted molar refractivity (Wildman–Crippen MR) is 147 cm³/mol. The molecule has 0 amide bonds. The monoisotopic (exact) mass is 510 g/mol. The number of aryl methyl sites for hydroxylation is 1. The first-order valence-corrected chi connectivity index (χ1v) is 14.1. The average Bonchev–Trinajstić information content (AvgIpc) is 3.41. The number of aliphatic hydroxyl groups excluding tert-OH is 1. The Morgan fingerprint density at radius 1 is 0.972 bits per heavy atom. The van der Waals surface area contributed by atoms with Crippen molar-refractivity contribution in [3.63, 3.8) is 0 Å². The fourth-order valence-electron chi connectivity index (χ4n) is 5.41. The maximum Gasteiger partial charge on any atom is 0.140 e. The van der Waals surface area contributed by atoms with E-state index in [9.17, 15) is 19.5 Å². The van der Waals surface area contributed by atoms with E-state index in [1.54, 1.807) is 11.3 Å². The highest BCUT2D eigenvalue weighted by Crippen LogP contribution is 2.42. The lowest BCUT2D eigenvalue weighted by Crippen LogP contribution is -2.38. The third kappa shape index (κ3) is 6.60. The van der Waals surface area contributed by atoms with E-state index in [2.05, 4.69) is 42.6 Å². The molecule has 0 radical (unpaired) electrons. The summed E-state index contributed by atoms with van der Waals surface area (Å²) < 4.78 is 0. The van der Waals surface area contributed by atoms with Crippen LogP contribution in [0.3, 0.4) is 0 Å². The van der Waals surface area contributed by atoms with E-state index in [0.717, 1.165) is 5.56 Å². The zero-order valence-corrected chi connectivity index (χ0v) is 23.7. The minimum Gasteiger partial charge on any atom is -0.393 e. The molecular weight excluding hydrogens is 468 g/mol. The molecule has 4 nitrogen and oxygen atoms in total. The molecule has 1 aliphatic rings. The number of Topliss-reactive ketones (excluding diaryl/α,β-unsaturated/α-hetero) is 3. The lowest BCUT2D eigenvalue weighted by Gasteiger charge is -2.33. The Morgan fingerprint density at radius 3 is 2.11 bits per heavy atom. The highest BCUT2D eigenvalue weighted by molar-refractivity contribution is 7.13. The maximum absolute atomic E-state index is 13.7. The van der Waals surface area contributed by atoms with Gasteiger partial charge in [-0.15, -0.1) is 11.3 Å². The van der Waals surface area contributed by atoms with Gasteiger partial charge in [0, 0.05) is 41.4 Å². The molecule has 5 heteroatoms. The van der Waals surface area contributed by atoms with Gasteiger partial charge in [0.05, 0.1) is 6.10 Å². The largest absolute Gasteiger partial charge is 0.393 e. The summed E-state index contributed by atoms with van der Waals surface area (Å²) in [5, 5.41) is 12.5. The number of carbonyl (C=O) groups excluding carboxylic acids is 3. The molecule has 0 spiro atoms. The standard InChI is InChI=1S/C31H42O4S/c1-18(2)27(33)17-26(31(5,6)7)29(35)25-16-23(32)15-24(25)28(34)14-20(4)21-8-10-22(11-9-21)30-19(3)12-13-36-30/h8-13,18,20,23-26,32H,14-17H2,1-7H3/t20-,23-,24-,25?,26-/m1/s1. The van der Waals surface area contributed by atoms with Crippen molar-refractivity contribution in [3.8, 4) is 10.4 Å². The van der Waals surface area contributed by atoms with Gasteiger partial charge in [0.2, 0.25) is 0 Å². The highest BCUT2D eigenvalue weighted by Gasteiger charge is 2.46. The molecule has 1 aromatic carbocycles. The number of thiophene rings is 1. The summed E-state index contributed by atoms with van der Waals surface area (Å²) in [5.41, 5.74) is 3.14. The number of hydrogen-bond acceptors (Lipinski definition) is 5. The summed E-state index contributed by atoms with van der Waals surface area (Å²) >= 11 is 1.73. The van der Waals surface area contributed by atoms with Crippen LogP contribution in [-0.4, -0.2) is 28.6 Å². The van der Waals surface area contributed by atoms with Crippen molar-refractivity contribution >= 4 is 28.7 Å². The van der Waals surface area contributed by atoms with Crippen molar-refractivity contribution in [2.75, 3.05) is 0 Å². The Kier molecular flexibility index (Phi) is 9.11. The van der Waals surface area contributed by atoms with E-state index in [4.69, 9.17) is 0 Å². The van der Waals surface area contributed by atoms with Crippen molar-refractivity contribution in [2.45, 2.75) is 86.2 Å². The van der Waals surface area contributed by atoms with Gasteiger partial charge in [0.1, 0.15) is 17.3 Å². The molecule has 196 valence electrons. The number of ketones is 3. The average molecular weight is 511 g/mol. The molecular formula is C31H42O4S. The summed E-state index contributed by atoms with van der Waals surface area (Å²) in [6, 6.07) is 10.5. The number of rotatable bonds is 10. The number of benzene rings is 1. The second-order valence-electron chi connectivity index (χ2n) is 12.1. The predicted octanol–water partition coefficient (Wildman–Crippen LogP) is 7.02. The van der Waals surface area contributed by atoms with E-state index in [-0.39, 0.29) is 35.6 Å². The number of aliphatic hydroxyl groups is 1. The fraction of sp³-hybridized carbons (Fsp3) is 0.581. The Morgan fingerprint density at radius 2 is 1.58 bits per heavy atom. The minimum absolute atomic E-state index is 0.0189. The quantitative estimate of drug-likeness (QED) is 0.373. The first kappa shape index (κ1) is 28.5. The lowest BCUT2D eigenvalue weighted by molar-refractivity contribution is -0.138. The lowest BCUT2D eigenvalue weighted by atomic mass is 9.69. The van der Waals surface area contributed by atoms with Gasteiger partial charge < -0.3 is 5.11 Å². The van der Waals surface area contributed by atoms with Gasteiger partial charge in [0.15, 0.2) is 0 Å². The topological polar surface area (TPSA) is 71.4 Å². The molecule has 3 rings (SSSR count). The fourth-order valence-corrected chi connectivity index (χ4v) is 6.35. The van der Waals surface area contributed by atoms with Crippen LogP contribution in [0.25, 0.3) is 10.4 Å². The van der Waals surface area contributed by atoms with Crippen LogP contribution in [0.2, 0.25) is 0 Å². The van der Waals surface area contributed by atoms with Crippen LogP contribution in [0.5, 0.6) is 0 Å². The molecule has 1 aliphatic carbocycles. The summed E-state index contributed by atoms with van der Waals surface area (Å²) in [6.07, 6.45) is 0.510. The Labute approximate surface area is 220 Å². The highest BCUT2D eigenvalue weighted by atomic mass is 32.1. The van der Waals surface area contributed by atoms with Crippen molar-refractivity contribution in [3.05, 3.63) is 46.8 Å². The van der Waals surface area contributed by atoms with Gasteiger partial charge in [-0.2, -0.15) is 0 Å². The van der Waals surface area contributed by atoms with Crippen LogP contribution in [0.15, 0.2) is 35.7 Å². The van der Waals surface area contributed by atoms with E-state index in [0.29, 0.717) is 19.3 Å². The zero-order valence-electron chi connectivity index (χ0n) is 22.8. The Bertz CT molecular complexity index is 1070. The van der Waals surface area contributed by atoms with Crippen molar-refractivity contribution in [1.29, 1.82) is 0 Å². The summed E-state index contributed by atoms with van der Waals surface area (Å²) in [5.74, 6) is -1.50. The van der Waals surface area contributed by atoms with Crippen molar-refractivity contribution in [2.24, 2.45) is 29.1 Å². The summed E-state index contributed by atoms with van der Waals surface area (Å²) in [7, 11) is 0. The third-order valence-electron chi connectivity index (χ3n) is 7.87. The van der Waals surface area contributed by atoms with E-state index < -0.39 is 29.3 Å². The second kappa shape index (κ2) is 11.5. The minimum atomic E-state index is -0.655. The number of carbonyl (C=O) groups is 3. The summed E-state index contributed by atoms with van der Waals surface area (Å²) in [6.45, 7) is 13.8. The van der Waals surface area contributed by atoms with Gasteiger partial charge in [-0.3, -0.25) is 14.4 Å². The van der Waals surface area contributed by atoms with Gasteiger partial charge >= 0.3 is 0 Å². The van der Waals surface area contributed by atoms with Crippen LogP contribution in [0.4, 0.5) is 0 Å². The third-order valence-corrected chi connectivity index (χ3v) is 8.93. The normalized spacial score (nSPS) is 22.0. The Balaban J connectivity index is 1.73. The summed E-state index contributed by atoms with van der Waals surface area (Å²) in [4.78, 5) is 41.0. The molecule has 0 saturated heterocycles. The Hall–Kier alpha value is -2.11. The second-order valence-corrected chi connectivity index (χ2v) is 13.0. The van der Waals surface area contributed by atoms with E-state index in [1.165, 1.54) is 16.0 Å². The molecule has 0 bridgehead atoms. The molecule has 1 fully saturated rings. The smallest absolute Gasteiger partial charge is 0.140 e. The van der Waals surface area contributed by atoms with Gasteiger partial charge in [0.25, 0.3) is 0 Å². The van der Waals surface area contributed by atoms with Crippen molar-refractivity contribution in [1.82, 2.24) is 0 Å². The van der Waals surface area contributed by atoms with Crippen molar-refractivity contribution < 1.29 is 19.5 Å². The van der Waals surface area contributed by atoms with Crippen LogP contribution in [0.1, 0.15) is 84.3 Å². The maximum atomic E-state index is 13.7. The molecule has 1 saturated carbocycles. The first-order valence-electron chi connectivity index (χ1n) is 13.2. The molecule has 2 aromatic rings. The molecule has 1 unspecified atom stereocenters. The molecule has 5 atom stereocenters. The van der Waals surface area contributed by atoms with Crippen LogP contribution in [-0.2, 0) is 14.4 Å². The molecule has 1 aromatic heterocycles. The van der Waals surface area contributed by atoms with Gasteiger partial charge in [-0.05, 0) is 59.2 Å². The van der Waals surface area contributed by atoms with E-state index >= 15 is 0 Å². The van der Waals surface area contributed by atoms with Gasteiger partial charge in [-0.25, -0.2) is 0 Å². The SMILES string of the molecule is Cc1ccsc1-c1ccc([C@H](C)CC(=O)[C@@H]2C[C@@H](O)CC2C(=O)[C@@H](CC(=O)C(C)C)C(C)(C)C)cc1. The first-order chi connectivity index (χ1) is 16.8. The van der Waals surface area contributed by atoms with Crippen LogP contribution in [0, 0.1) is 36.0 Å². The molecule has 0 aliphatic heterocycles. The van der Waals surface area contributed by atoms with Crippen LogP contribution < -0.4 is 0 Å². The number of hydrogen-bond donors (Lipinski definition) is 1.